The summed E-state index contributed by atoms with van der Waals surface area (Å²) in [5.41, 5.74) is 1.21. The van der Waals surface area contributed by atoms with Crippen molar-refractivity contribution in [1.82, 2.24) is 0 Å². The first kappa shape index (κ1) is 12.7. The van der Waals surface area contributed by atoms with Crippen molar-refractivity contribution in [2.45, 2.75) is 11.5 Å². The third kappa shape index (κ3) is 4.54. The largest absolute Gasteiger partial charge is 0.366 e. The first-order valence-electron chi connectivity index (χ1n) is 5.34. The van der Waals surface area contributed by atoms with Crippen LogP contribution in [0.15, 0.2) is 64.0 Å². The number of rotatable bonds is 5. The van der Waals surface area contributed by atoms with Crippen LogP contribution in [-0.4, -0.2) is 5.94 Å². The molecule has 0 heterocycles. The van der Waals surface area contributed by atoms with Gasteiger partial charge in [-0.3, -0.25) is 0 Å². The summed E-state index contributed by atoms with van der Waals surface area (Å²) >= 11 is 5.12. The van der Waals surface area contributed by atoms with E-state index in [1.54, 1.807) is 11.8 Å². The van der Waals surface area contributed by atoms with Crippen molar-refractivity contribution in [2.75, 3.05) is 5.94 Å². The molecular weight excluding hydrogens is 296 g/mol. The number of halogens is 1. The minimum atomic E-state index is 0.671. The van der Waals surface area contributed by atoms with Crippen molar-refractivity contribution in [1.29, 1.82) is 0 Å². The zero-order chi connectivity index (χ0) is 11.9. The Hall–Kier alpha value is -0.770. The van der Waals surface area contributed by atoms with E-state index in [9.17, 15) is 0 Å². The number of ether oxygens (including phenoxy) is 1. The van der Waals surface area contributed by atoms with Crippen LogP contribution in [0, 0.1) is 0 Å². The van der Waals surface area contributed by atoms with Gasteiger partial charge in [-0.2, -0.15) is 0 Å². The summed E-state index contributed by atoms with van der Waals surface area (Å²) in [7, 11) is 0. The third-order valence-corrected chi connectivity index (χ3v) is 3.65. The lowest BCUT2D eigenvalue weighted by molar-refractivity contribution is 0.169. The second-order valence-corrected chi connectivity index (χ2v) is 5.46. The fourth-order valence-corrected chi connectivity index (χ4v) is 2.27. The average Bonchev–Trinajstić information content (AvgIpc) is 2.38. The van der Waals surface area contributed by atoms with E-state index in [4.69, 9.17) is 4.74 Å². The summed E-state index contributed by atoms with van der Waals surface area (Å²) in [5, 5.41) is 0. The summed E-state index contributed by atoms with van der Waals surface area (Å²) in [6.07, 6.45) is 0. The van der Waals surface area contributed by atoms with Crippen molar-refractivity contribution in [3.8, 4) is 0 Å². The molecule has 88 valence electrons. The molecule has 3 heteroatoms. The molecule has 0 aliphatic heterocycles. The maximum absolute atomic E-state index is 5.61. The lowest BCUT2D eigenvalue weighted by Crippen LogP contribution is -1.91. The third-order valence-electron chi connectivity index (χ3n) is 2.23. The quantitative estimate of drug-likeness (QED) is 0.449. The molecule has 0 aliphatic carbocycles. The van der Waals surface area contributed by atoms with E-state index < -0.39 is 0 Å². The normalized spacial score (nSPS) is 10.4. The molecule has 0 fully saturated rings. The van der Waals surface area contributed by atoms with Crippen LogP contribution in [0.4, 0.5) is 0 Å². The molecule has 0 aliphatic rings. The molecule has 1 nitrogen and oxygen atoms in total. The molecule has 2 aromatic carbocycles. The van der Waals surface area contributed by atoms with Crippen LogP contribution >= 0.6 is 27.7 Å². The van der Waals surface area contributed by atoms with E-state index in [2.05, 4.69) is 40.2 Å². The van der Waals surface area contributed by atoms with Crippen molar-refractivity contribution in [3.63, 3.8) is 0 Å². The molecule has 0 atom stereocenters. The molecule has 0 spiro atoms. The van der Waals surface area contributed by atoms with E-state index in [1.807, 2.05) is 30.3 Å². The Morgan fingerprint density at radius 2 is 1.65 bits per heavy atom. The first-order valence-corrected chi connectivity index (χ1v) is 7.12. The van der Waals surface area contributed by atoms with Gasteiger partial charge in [0.15, 0.2) is 0 Å². The molecule has 2 aromatic rings. The highest BCUT2D eigenvalue weighted by atomic mass is 79.9. The average molecular weight is 309 g/mol. The Morgan fingerprint density at radius 1 is 0.941 bits per heavy atom. The van der Waals surface area contributed by atoms with E-state index >= 15 is 0 Å². The lowest BCUT2D eigenvalue weighted by Gasteiger charge is -2.04. The molecule has 0 saturated carbocycles. The van der Waals surface area contributed by atoms with Gasteiger partial charge in [0, 0.05) is 9.37 Å². The van der Waals surface area contributed by atoms with Crippen LogP contribution < -0.4 is 0 Å². The standard InChI is InChI=1S/C14H13BrOS/c15-13-6-8-14(9-7-13)17-11-16-10-12-4-2-1-3-5-12/h1-9H,10-11H2. The second kappa shape index (κ2) is 6.84. The number of thioether (sulfide) groups is 1. The zero-order valence-electron chi connectivity index (χ0n) is 9.30. The van der Waals surface area contributed by atoms with Crippen LogP contribution in [0.25, 0.3) is 0 Å². The fraction of sp³-hybridized carbons (Fsp3) is 0.143. The molecule has 0 saturated heterocycles. The summed E-state index contributed by atoms with van der Waals surface area (Å²) in [5.74, 6) is 0.677. The van der Waals surface area contributed by atoms with E-state index in [0.29, 0.717) is 12.5 Å². The minimum Gasteiger partial charge on any atom is -0.366 e. The molecule has 0 amide bonds. The highest BCUT2D eigenvalue weighted by Crippen LogP contribution is 2.20. The molecule has 0 bridgehead atoms. The SMILES string of the molecule is Brc1ccc(SCOCc2ccccc2)cc1. The van der Waals surface area contributed by atoms with E-state index in [-0.39, 0.29) is 0 Å². The Kier molecular flexibility index (Phi) is 5.10. The van der Waals surface area contributed by atoms with Crippen molar-refractivity contribution >= 4 is 27.7 Å². The van der Waals surface area contributed by atoms with Gasteiger partial charge in [0.2, 0.25) is 0 Å². The van der Waals surface area contributed by atoms with Gasteiger partial charge >= 0.3 is 0 Å². The van der Waals surface area contributed by atoms with Crippen LogP contribution in [-0.2, 0) is 11.3 Å². The summed E-state index contributed by atoms with van der Waals surface area (Å²) in [6.45, 7) is 0.671. The Bertz CT molecular complexity index is 442. The van der Waals surface area contributed by atoms with Gasteiger partial charge in [0.05, 0.1) is 12.5 Å². The molecule has 2 rings (SSSR count). The van der Waals surface area contributed by atoms with Gasteiger partial charge in [0.1, 0.15) is 0 Å². The smallest absolute Gasteiger partial charge is 0.0971 e. The molecular formula is C14H13BrOS. The van der Waals surface area contributed by atoms with Gasteiger partial charge in [0.25, 0.3) is 0 Å². The van der Waals surface area contributed by atoms with E-state index in [1.165, 1.54) is 10.5 Å². The summed E-state index contributed by atoms with van der Waals surface area (Å²) in [6, 6.07) is 18.5. The monoisotopic (exact) mass is 308 g/mol. The second-order valence-electron chi connectivity index (χ2n) is 3.55. The minimum absolute atomic E-state index is 0.671. The molecule has 0 aromatic heterocycles. The predicted molar refractivity (Wildman–Crippen MR) is 76.1 cm³/mol. The summed E-state index contributed by atoms with van der Waals surface area (Å²) < 4.78 is 6.71. The number of hydrogen-bond donors (Lipinski definition) is 0. The molecule has 0 radical (unpaired) electrons. The number of benzene rings is 2. The van der Waals surface area contributed by atoms with Crippen LogP contribution in [0.5, 0.6) is 0 Å². The van der Waals surface area contributed by atoms with Gasteiger partial charge in [-0.05, 0) is 29.8 Å². The molecule has 17 heavy (non-hydrogen) atoms. The maximum atomic E-state index is 5.61. The summed E-state index contributed by atoms with van der Waals surface area (Å²) in [4.78, 5) is 1.22. The van der Waals surface area contributed by atoms with Gasteiger partial charge < -0.3 is 4.74 Å². The predicted octanol–water partition coefficient (Wildman–Crippen LogP) is 4.72. The first-order chi connectivity index (χ1) is 8.34. The van der Waals surface area contributed by atoms with Crippen molar-refractivity contribution < 1.29 is 4.74 Å². The Labute approximate surface area is 114 Å². The fourth-order valence-electron chi connectivity index (χ4n) is 1.37. The van der Waals surface area contributed by atoms with Crippen LogP contribution in [0.1, 0.15) is 5.56 Å². The van der Waals surface area contributed by atoms with Crippen molar-refractivity contribution in [2.24, 2.45) is 0 Å². The molecule has 0 unspecified atom stereocenters. The lowest BCUT2D eigenvalue weighted by atomic mass is 10.2. The highest BCUT2D eigenvalue weighted by Gasteiger charge is 1.95. The van der Waals surface area contributed by atoms with E-state index in [0.717, 1.165) is 4.47 Å². The zero-order valence-corrected chi connectivity index (χ0v) is 11.7. The number of hydrogen-bond acceptors (Lipinski definition) is 2. The molecule has 0 N–H and O–H groups in total. The highest BCUT2D eigenvalue weighted by molar-refractivity contribution is 9.10. The Balaban J connectivity index is 1.71. The van der Waals surface area contributed by atoms with Crippen LogP contribution in [0.2, 0.25) is 0 Å². The Morgan fingerprint density at radius 3 is 2.35 bits per heavy atom. The maximum Gasteiger partial charge on any atom is 0.0971 e. The van der Waals surface area contributed by atoms with Gasteiger partial charge in [-0.25, -0.2) is 0 Å². The van der Waals surface area contributed by atoms with Crippen molar-refractivity contribution in [3.05, 3.63) is 64.6 Å². The van der Waals surface area contributed by atoms with Crippen LogP contribution in [0.3, 0.4) is 0 Å². The topological polar surface area (TPSA) is 9.23 Å². The van der Waals surface area contributed by atoms with Gasteiger partial charge in [-0.15, -0.1) is 0 Å². The van der Waals surface area contributed by atoms with Gasteiger partial charge in [-0.1, -0.05) is 58.0 Å².